The summed E-state index contributed by atoms with van der Waals surface area (Å²) >= 11 is 1.82. The van der Waals surface area contributed by atoms with Gasteiger partial charge in [-0.25, -0.2) is 0 Å². The summed E-state index contributed by atoms with van der Waals surface area (Å²) in [6, 6.07) is 0. The lowest BCUT2D eigenvalue weighted by Crippen LogP contribution is -2.27. The standard InChI is InChI=1S/C9H18O2S/c10-6-3-7-12-9-5-2-1-4-8(9)11/h8-11H,1-7H2. The molecule has 0 saturated heterocycles. The van der Waals surface area contributed by atoms with Crippen molar-refractivity contribution in [3.8, 4) is 0 Å². The molecule has 0 aromatic heterocycles. The first-order chi connectivity index (χ1) is 5.84. The highest BCUT2D eigenvalue weighted by Crippen LogP contribution is 2.28. The smallest absolute Gasteiger partial charge is 0.0658 e. The van der Waals surface area contributed by atoms with Gasteiger partial charge in [0.15, 0.2) is 0 Å². The Balaban J connectivity index is 2.11. The fraction of sp³-hybridized carbons (Fsp3) is 1.00. The number of thioether (sulfide) groups is 1. The lowest BCUT2D eigenvalue weighted by atomic mass is 9.97. The van der Waals surface area contributed by atoms with Crippen LogP contribution in [-0.2, 0) is 0 Å². The molecule has 12 heavy (non-hydrogen) atoms. The molecule has 0 aromatic rings. The van der Waals surface area contributed by atoms with E-state index in [0.29, 0.717) is 5.25 Å². The van der Waals surface area contributed by atoms with Crippen molar-refractivity contribution in [1.29, 1.82) is 0 Å². The van der Waals surface area contributed by atoms with Gasteiger partial charge in [-0.3, -0.25) is 0 Å². The highest BCUT2D eigenvalue weighted by Gasteiger charge is 2.22. The van der Waals surface area contributed by atoms with Crippen LogP contribution < -0.4 is 0 Å². The molecule has 2 N–H and O–H groups in total. The summed E-state index contributed by atoms with van der Waals surface area (Å²) in [5.74, 6) is 0.984. The van der Waals surface area contributed by atoms with Crippen molar-refractivity contribution in [1.82, 2.24) is 0 Å². The molecule has 2 nitrogen and oxygen atoms in total. The molecular weight excluding hydrogens is 172 g/mol. The minimum absolute atomic E-state index is 0.0950. The average molecular weight is 190 g/mol. The lowest BCUT2D eigenvalue weighted by molar-refractivity contribution is 0.137. The highest BCUT2D eigenvalue weighted by atomic mass is 32.2. The topological polar surface area (TPSA) is 40.5 Å². The van der Waals surface area contributed by atoms with Crippen LogP contribution in [0, 0.1) is 0 Å². The number of hydrogen-bond donors (Lipinski definition) is 2. The Labute approximate surface area is 78.4 Å². The van der Waals surface area contributed by atoms with Crippen molar-refractivity contribution in [3.05, 3.63) is 0 Å². The second-order valence-electron chi connectivity index (χ2n) is 3.34. The Kier molecular flexibility index (Phi) is 5.04. The van der Waals surface area contributed by atoms with E-state index in [2.05, 4.69) is 0 Å². The molecule has 1 aliphatic rings. The fourth-order valence-corrected chi connectivity index (χ4v) is 2.86. The van der Waals surface area contributed by atoms with E-state index >= 15 is 0 Å². The summed E-state index contributed by atoms with van der Waals surface area (Å²) in [6.07, 6.45) is 5.32. The van der Waals surface area contributed by atoms with Gasteiger partial charge in [0.05, 0.1) is 6.10 Å². The van der Waals surface area contributed by atoms with Gasteiger partial charge in [0.25, 0.3) is 0 Å². The van der Waals surface area contributed by atoms with Gasteiger partial charge in [0.1, 0.15) is 0 Å². The van der Waals surface area contributed by atoms with Gasteiger partial charge < -0.3 is 10.2 Å². The van der Waals surface area contributed by atoms with Crippen LogP contribution in [0.3, 0.4) is 0 Å². The second-order valence-corrected chi connectivity index (χ2v) is 4.69. The highest BCUT2D eigenvalue weighted by molar-refractivity contribution is 7.99. The largest absolute Gasteiger partial charge is 0.396 e. The van der Waals surface area contributed by atoms with Crippen LogP contribution in [0.1, 0.15) is 32.1 Å². The van der Waals surface area contributed by atoms with Crippen LogP contribution >= 0.6 is 11.8 Å². The Hall–Kier alpha value is 0.270. The van der Waals surface area contributed by atoms with E-state index in [0.717, 1.165) is 25.0 Å². The number of rotatable bonds is 4. The van der Waals surface area contributed by atoms with Crippen molar-refractivity contribution in [2.45, 2.75) is 43.5 Å². The molecule has 1 aliphatic carbocycles. The van der Waals surface area contributed by atoms with Crippen molar-refractivity contribution in [2.24, 2.45) is 0 Å². The van der Waals surface area contributed by atoms with Gasteiger partial charge in [-0.05, 0) is 25.0 Å². The quantitative estimate of drug-likeness (QED) is 0.658. The average Bonchev–Trinajstić information content (AvgIpc) is 2.09. The van der Waals surface area contributed by atoms with Crippen LogP contribution in [0.4, 0.5) is 0 Å². The monoisotopic (exact) mass is 190 g/mol. The van der Waals surface area contributed by atoms with Gasteiger partial charge in [0.2, 0.25) is 0 Å². The zero-order valence-corrected chi connectivity index (χ0v) is 8.22. The zero-order chi connectivity index (χ0) is 8.81. The first-order valence-corrected chi connectivity index (χ1v) is 5.80. The van der Waals surface area contributed by atoms with E-state index in [1.807, 2.05) is 11.8 Å². The van der Waals surface area contributed by atoms with Crippen LogP contribution in [0.15, 0.2) is 0 Å². The lowest BCUT2D eigenvalue weighted by Gasteiger charge is -2.26. The Bertz CT molecular complexity index is 119. The molecule has 72 valence electrons. The summed E-state index contributed by atoms with van der Waals surface area (Å²) in [5.41, 5.74) is 0. The zero-order valence-electron chi connectivity index (χ0n) is 7.41. The predicted molar refractivity (Wildman–Crippen MR) is 52.4 cm³/mol. The van der Waals surface area contributed by atoms with Gasteiger partial charge in [-0.15, -0.1) is 0 Å². The summed E-state index contributed by atoms with van der Waals surface area (Å²) < 4.78 is 0. The Morgan fingerprint density at radius 1 is 1.25 bits per heavy atom. The SMILES string of the molecule is OCCCSC1CCCCC1O. The first-order valence-electron chi connectivity index (χ1n) is 4.75. The van der Waals surface area contributed by atoms with Crippen molar-refractivity contribution < 1.29 is 10.2 Å². The summed E-state index contributed by atoms with van der Waals surface area (Å²) in [4.78, 5) is 0. The third-order valence-electron chi connectivity index (χ3n) is 2.30. The van der Waals surface area contributed by atoms with Crippen molar-refractivity contribution >= 4 is 11.8 Å². The van der Waals surface area contributed by atoms with Crippen LogP contribution in [0.25, 0.3) is 0 Å². The van der Waals surface area contributed by atoms with E-state index in [1.165, 1.54) is 12.8 Å². The summed E-state index contributed by atoms with van der Waals surface area (Å²) in [5, 5.41) is 18.6. The van der Waals surface area contributed by atoms with E-state index in [-0.39, 0.29) is 12.7 Å². The van der Waals surface area contributed by atoms with Gasteiger partial charge in [-0.2, -0.15) is 11.8 Å². The van der Waals surface area contributed by atoms with E-state index in [9.17, 15) is 5.11 Å². The second kappa shape index (κ2) is 5.84. The van der Waals surface area contributed by atoms with E-state index in [4.69, 9.17) is 5.11 Å². The van der Waals surface area contributed by atoms with Gasteiger partial charge in [0, 0.05) is 11.9 Å². The minimum atomic E-state index is -0.0950. The van der Waals surface area contributed by atoms with E-state index < -0.39 is 0 Å². The molecule has 0 amide bonds. The van der Waals surface area contributed by atoms with Crippen LogP contribution in [-0.4, -0.2) is 33.9 Å². The molecule has 0 aliphatic heterocycles. The summed E-state index contributed by atoms with van der Waals surface area (Å²) in [7, 11) is 0. The van der Waals surface area contributed by atoms with Crippen LogP contribution in [0.2, 0.25) is 0 Å². The summed E-state index contributed by atoms with van der Waals surface area (Å²) in [6.45, 7) is 0.274. The van der Waals surface area contributed by atoms with Crippen molar-refractivity contribution in [2.75, 3.05) is 12.4 Å². The molecule has 1 fully saturated rings. The maximum Gasteiger partial charge on any atom is 0.0658 e. The normalized spacial score (nSPS) is 30.5. The van der Waals surface area contributed by atoms with Gasteiger partial charge >= 0.3 is 0 Å². The van der Waals surface area contributed by atoms with E-state index in [1.54, 1.807) is 0 Å². The molecule has 0 aromatic carbocycles. The molecule has 1 saturated carbocycles. The number of aliphatic hydroxyl groups is 2. The molecule has 0 bridgehead atoms. The minimum Gasteiger partial charge on any atom is -0.396 e. The predicted octanol–water partition coefficient (Wildman–Crippen LogP) is 1.41. The number of hydrogen-bond acceptors (Lipinski definition) is 3. The first kappa shape index (κ1) is 10.4. The third kappa shape index (κ3) is 3.33. The molecule has 0 spiro atoms. The molecule has 1 rings (SSSR count). The Morgan fingerprint density at radius 3 is 2.67 bits per heavy atom. The number of aliphatic hydroxyl groups excluding tert-OH is 2. The molecule has 2 atom stereocenters. The van der Waals surface area contributed by atoms with Crippen LogP contribution in [0.5, 0.6) is 0 Å². The van der Waals surface area contributed by atoms with Gasteiger partial charge in [-0.1, -0.05) is 12.8 Å². The maximum atomic E-state index is 9.58. The molecular formula is C9H18O2S. The molecule has 2 unspecified atom stereocenters. The molecule has 0 heterocycles. The Morgan fingerprint density at radius 2 is 2.00 bits per heavy atom. The third-order valence-corrected chi connectivity index (χ3v) is 3.80. The fourth-order valence-electron chi connectivity index (χ4n) is 1.57. The van der Waals surface area contributed by atoms with Crippen molar-refractivity contribution in [3.63, 3.8) is 0 Å². The molecule has 3 heteroatoms. The molecule has 0 radical (unpaired) electrons. The maximum absolute atomic E-state index is 9.58.